The van der Waals surface area contributed by atoms with Gasteiger partial charge < -0.3 is 20.2 Å². The lowest BCUT2D eigenvalue weighted by Gasteiger charge is -2.34. The standard InChI is InChI=1S/C14H21N5O.ClH/c15-10-12(11-16)14-18(6-1-9-20)7-8-19(14)13-2-4-17-5-3-13;/h13,17,20H,1-9H2;1H. The van der Waals surface area contributed by atoms with Crippen molar-refractivity contribution in [2.45, 2.75) is 25.3 Å². The number of nitrogens with one attached hydrogen (secondary N) is 1. The summed E-state index contributed by atoms with van der Waals surface area (Å²) >= 11 is 0. The van der Waals surface area contributed by atoms with Crippen LogP contribution in [0.1, 0.15) is 19.3 Å². The fourth-order valence-corrected chi connectivity index (χ4v) is 3.00. The smallest absolute Gasteiger partial charge is 0.169 e. The van der Waals surface area contributed by atoms with E-state index in [1.165, 1.54) is 0 Å². The van der Waals surface area contributed by atoms with E-state index in [1.54, 1.807) is 0 Å². The molecule has 2 N–H and O–H groups in total. The predicted octanol–water partition coefficient (Wildman–Crippen LogP) is 0.419. The average molecular weight is 312 g/mol. The van der Waals surface area contributed by atoms with Crippen LogP contribution in [0.25, 0.3) is 0 Å². The topological polar surface area (TPSA) is 86.3 Å². The summed E-state index contributed by atoms with van der Waals surface area (Å²) in [5.41, 5.74) is 0.193. The third-order valence-electron chi connectivity index (χ3n) is 3.97. The lowest BCUT2D eigenvalue weighted by molar-refractivity contribution is 0.211. The highest BCUT2D eigenvalue weighted by molar-refractivity contribution is 5.85. The first-order chi connectivity index (χ1) is 9.81. The van der Waals surface area contributed by atoms with Gasteiger partial charge in [0, 0.05) is 32.3 Å². The number of hydrogen-bond acceptors (Lipinski definition) is 6. The van der Waals surface area contributed by atoms with Gasteiger partial charge in [-0.05, 0) is 32.4 Å². The van der Waals surface area contributed by atoms with Crippen molar-refractivity contribution < 1.29 is 5.11 Å². The monoisotopic (exact) mass is 311 g/mol. The molecule has 2 aliphatic heterocycles. The number of nitrogens with zero attached hydrogens (tertiary/aromatic N) is 4. The highest BCUT2D eigenvalue weighted by Gasteiger charge is 2.33. The lowest BCUT2D eigenvalue weighted by atomic mass is 10.0. The second-order valence-corrected chi connectivity index (χ2v) is 5.16. The first-order valence-electron chi connectivity index (χ1n) is 7.19. The molecule has 0 aliphatic carbocycles. The van der Waals surface area contributed by atoms with Gasteiger partial charge in [-0.15, -0.1) is 12.4 Å². The minimum atomic E-state index is 0. The van der Waals surface area contributed by atoms with Gasteiger partial charge in [0.15, 0.2) is 5.57 Å². The summed E-state index contributed by atoms with van der Waals surface area (Å²) in [6, 6.07) is 4.46. The zero-order valence-corrected chi connectivity index (χ0v) is 12.9. The third kappa shape index (κ3) is 4.01. The molecule has 0 radical (unpaired) electrons. The fraction of sp³-hybridized carbons (Fsp3) is 0.714. The molecule has 0 unspecified atom stereocenters. The highest BCUT2D eigenvalue weighted by Crippen LogP contribution is 2.27. The van der Waals surface area contributed by atoms with Crippen molar-refractivity contribution in [2.75, 3.05) is 39.3 Å². The summed E-state index contributed by atoms with van der Waals surface area (Å²) < 4.78 is 0. The van der Waals surface area contributed by atoms with Gasteiger partial charge in [0.1, 0.15) is 18.0 Å². The molecule has 2 fully saturated rings. The third-order valence-corrected chi connectivity index (χ3v) is 3.97. The quantitative estimate of drug-likeness (QED) is 0.732. The lowest BCUT2D eigenvalue weighted by Crippen LogP contribution is -2.42. The van der Waals surface area contributed by atoms with Gasteiger partial charge in [-0.25, -0.2) is 0 Å². The molecular weight excluding hydrogens is 290 g/mol. The molecule has 0 spiro atoms. The van der Waals surface area contributed by atoms with Crippen LogP contribution < -0.4 is 5.32 Å². The number of nitriles is 2. The Bertz CT molecular complexity index is 431. The zero-order chi connectivity index (χ0) is 14.4. The van der Waals surface area contributed by atoms with Crippen LogP contribution in [0.5, 0.6) is 0 Å². The van der Waals surface area contributed by atoms with E-state index in [2.05, 4.69) is 15.1 Å². The first-order valence-corrected chi connectivity index (χ1v) is 7.19. The van der Waals surface area contributed by atoms with Crippen LogP contribution in [0.15, 0.2) is 11.4 Å². The summed E-state index contributed by atoms with van der Waals surface area (Å²) in [5.74, 6) is 0.773. The Kier molecular flexibility index (Phi) is 7.31. The number of rotatable bonds is 4. The molecular formula is C14H22ClN5O. The van der Waals surface area contributed by atoms with Crippen molar-refractivity contribution in [1.82, 2.24) is 15.1 Å². The second kappa shape index (κ2) is 8.74. The van der Waals surface area contributed by atoms with Gasteiger partial charge in [-0.3, -0.25) is 0 Å². The summed E-state index contributed by atoms with van der Waals surface area (Å²) in [7, 11) is 0. The number of halogens is 1. The first kappa shape index (κ1) is 17.6. The van der Waals surface area contributed by atoms with Gasteiger partial charge in [-0.2, -0.15) is 10.5 Å². The van der Waals surface area contributed by atoms with Crippen LogP contribution in [-0.2, 0) is 0 Å². The van der Waals surface area contributed by atoms with Gasteiger partial charge in [0.25, 0.3) is 0 Å². The van der Waals surface area contributed by atoms with E-state index in [9.17, 15) is 10.5 Å². The molecule has 116 valence electrons. The Morgan fingerprint density at radius 2 is 1.90 bits per heavy atom. The van der Waals surface area contributed by atoms with Gasteiger partial charge in [0.05, 0.1) is 0 Å². The van der Waals surface area contributed by atoms with Gasteiger partial charge in [0.2, 0.25) is 0 Å². The summed E-state index contributed by atoms with van der Waals surface area (Å²) in [5, 5.41) is 30.7. The van der Waals surface area contributed by atoms with Crippen molar-refractivity contribution >= 4 is 12.4 Å². The Morgan fingerprint density at radius 1 is 1.24 bits per heavy atom. The van der Waals surface area contributed by atoms with Crippen LogP contribution in [0.4, 0.5) is 0 Å². The molecule has 6 nitrogen and oxygen atoms in total. The zero-order valence-electron chi connectivity index (χ0n) is 12.1. The van der Waals surface area contributed by atoms with E-state index in [1.807, 2.05) is 12.1 Å². The van der Waals surface area contributed by atoms with Crippen molar-refractivity contribution in [3.8, 4) is 12.1 Å². The second-order valence-electron chi connectivity index (χ2n) is 5.16. The normalized spacial score (nSPS) is 18.9. The fourth-order valence-electron chi connectivity index (χ4n) is 3.00. The Balaban J connectivity index is 0.00000220. The number of aliphatic hydroxyl groups is 1. The van der Waals surface area contributed by atoms with E-state index in [0.29, 0.717) is 19.0 Å². The molecule has 2 rings (SSSR count). The number of aliphatic hydroxyl groups excluding tert-OH is 1. The largest absolute Gasteiger partial charge is 0.396 e. The maximum atomic E-state index is 9.20. The maximum absolute atomic E-state index is 9.20. The van der Waals surface area contributed by atoms with Crippen LogP contribution >= 0.6 is 12.4 Å². The van der Waals surface area contributed by atoms with Crippen LogP contribution in [0.2, 0.25) is 0 Å². The average Bonchev–Trinajstić information content (AvgIpc) is 2.91. The summed E-state index contributed by atoms with van der Waals surface area (Å²) in [4.78, 5) is 4.29. The molecule has 0 aromatic heterocycles. The molecule has 7 heteroatoms. The van der Waals surface area contributed by atoms with Crippen molar-refractivity contribution in [2.24, 2.45) is 0 Å². The van der Waals surface area contributed by atoms with Crippen LogP contribution in [-0.4, -0.2) is 60.3 Å². The molecule has 2 aliphatic rings. The molecule has 0 aromatic rings. The maximum Gasteiger partial charge on any atom is 0.169 e. The van der Waals surface area contributed by atoms with E-state index in [-0.39, 0.29) is 24.6 Å². The van der Waals surface area contributed by atoms with Gasteiger partial charge in [-0.1, -0.05) is 0 Å². The van der Waals surface area contributed by atoms with E-state index in [0.717, 1.165) is 44.8 Å². The SMILES string of the molecule is Cl.N#CC(C#N)=C1N(CCCO)CCN1C1CCNCC1. The number of piperidine rings is 1. The molecule has 21 heavy (non-hydrogen) atoms. The van der Waals surface area contributed by atoms with Crippen molar-refractivity contribution in [3.63, 3.8) is 0 Å². The summed E-state index contributed by atoms with van der Waals surface area (Å²) in [6.07, 6.45) is 2.75. The van der Waals surface area contributed by atoms with Crippen LogP contribution in [0.3, 0.4) is 0 Å². The van der Waals surface area contributed by atoms with E-state index in [4.69, 9.17) is 5.11 Å². The van der Waals surface area contributed by atoms with E-state index >= 15 is 0 Å². The van der Waals surface area contributed by atoms with Crippen molar-refractivity contribution in [1.29, 1.82) is 10.5 Å². The van der Waals surface area contributed by atoms with E-state index < -0.39 is 0 Å². The molecule has 0 bridgehead atoms. The Hall–Kier alpha value is -1.47. The highest BCUT2D eigenvalue weighted by atomic mass is 35.5. The minimum Gasteiger partial charge on any atom is -0.396 e. The molecule has 0 amide bonds. The van der Waals surface area contributed by atoms with Gasteiger partial charge >= 0.3 is 0 Å². The van der Waals surface area contributed by atoms with Crippen LogP contribution in [0, 0.1) is 22.7 Å². The number of hydrogen-bond donors (Lipinski definition) is 2. The minimum absolute atomic E-state index is 0. The molecule has 2 heterocycles. The van der Waals surface area contributed by atoms with Crippen molar-refractivity contribution in [3.05, 3.63) is 11.4 Å². The predicted molar refractivity (Wildman–Crippen MR) is 81.4 cm³/mol. The number of allylic oxidation sites excluding steroid dienone is 1. The Labute approximate surface area is 132 Å². The molecule has 0 atom stereocenters. The molecule has 0 saturated carbocycles. The Morgan fingerprint density at radius 3 is 2.48 bits per heavy atom. The summed E-state index contributed by atoms with van der Waals surface area (Å²) in [6.45, 7) is 4.48. The molecule has 2 saturated heterocycles. The molecule has 0 aromatic carbocycles.